The van der Waals surface area contributed by atoms with Gasteiger partial charge < -0.3 is 14.7 Å². The van der Waals surface area contributed by atoms with E-state index in [0.29, 0.717) is 35.7 Å². The van der Waals surface area contributed by atoms with Crippen molar-refractivity contribution in [3.8, 4) is 17.3 Å². The summed E-state index contributed by atoms with van der Waals surface area (Å²) < 4.78 is 22.5. The third kappa shape index (κ3) is 2.56. The predicted octanol–water partition coefficient (Wildman–Crippen LogP) is 2.26. The first-order chi connectivity index (χ1) is 12.2. The topological polar surface area (TPSA) is 94.8 Å². The van der Waals surface area contributed by atoms with E-state index in [1.54, 1.807) is 18.2 Å². The van der Waals surface area contributed by atoms with Crippen molar-refractivity contribution in [1.29, 1.82) is 0 Å². The number of aromatic nitrogens is 4. The van der Waals surface area contributed by atoms with Gasteiger partial charge in [0.1, 0.15) is 5.82 Å². The Hall–Kier alpha value is -3.13. The minimum Gasteiger partial charge on any atom is -0.461 e. The van der Waals surface area contributed by atoms with Gasteiger partial charge in [-0.05, 0) is 43.3 Å². The summed E-state index contributed by atoms with van der Waals surface area (Å²) in [6.07, 6.45) is 4.08. The van der Waals surface area contributed by atoms with E-state index in [1.165, 1.54) is 23.0 Å². The lowest BCUT2D eigenvalue weighted by Gasteiger charge is -2.02. The Morgan fingerprint density at radius 1 is 1.32 bits per heavy atom. The Morgan fingerprint density at radius 2 is 2.20 bits per heavy atom. The van der Waals surface area contributed by atoms with Gasteiger partial charge in [-0.25, -0.2) is 18.9 Å². The molecular weight excluding hydrogens is 325 g/mol. The standard InChI is InChI=1S/C17H16FN5O2/c18-11-4-5-13-12(9-11)14(10-22(13)7-2-6-19)23-16(20-21-17(23)24)15-3-1-8-25-15/h1,3-5,8-10H,2,6-7,19H2,(H,21,24). The van der Waals surface area contributed by atoms with Gasteiger partial charge in [0, 0.05) is 18.1 Å². The van der Waals surface area contributed by atoms with Crippen LogP contribution in [0.15, 0.2) is 52.0 Å². The highest BCUT2D eigenvalue weighted by Crippen LogP contribution is 2.28. The van der Waals surface area contributed by atoms with E-state index in [2.05, 4.69) is 10.2 Å². The number of nitrogens with zero attached hydrogens (tertiary/aromatic N) is 3. The van der Waals surface area contributed by atoms with E-state index < -0.39 is 5.69 Å². The van der Waals surface area contributed by atoms with E-state index in [1.807, 2.05) is 10.8 Å². The molecule has 25 heavy (non-hydrogen) atoms. The molecule has 128 valence electrons. The molecule has 8 heteroatoms. The van der Waals surface area contributed by atoms with Crippen molar-refractivity contribution in [1.82, 2.24) is 19.3 Å². The zero-order chi connectivity index (χ0) is 17.4. The number of furan rings is 1. The first-order valence-electron chi connectivity index (χ1n) is 7.89. The maximum absolute atomic E-state index is 13.8. The quantitative estimate of drug-likeness (QED) is 0.582. The van der Waals surface area contributed by atoms with Crippen LogP contribution < -0.4 is 11.4 Å². The van der Waals surface area contributed by atoms with Crippen LogP contribution in [0.3, 0.4) is 0 Å². The molecule has 0 saturated carbocycles. The summed E-state index contributed by atoms with van der Waals surface area (Å²) in [4.78, 5) is 12.4. The van der Waals surface area contributed by atoms with Crippen LogP contribution in [0.5, 0.6) is 0 Å². The second kappa shape index (κ2) is 6.06. The highest BCUT2D eigenvalue weighted by Gasteiger charge is 2.19. The minimum absolute atomic E-state index is 0.331. The fraction of sp³-hybridized carbons (Fsp3) is 0.176. The largest absolute Gasteiger partial charge is 0.461 e. The molecule has 7 nitrogen and oxygen atoms in total. The molecule has 0 saturated heterocycles. The molecule has 1 aromatic carbocycles. The van der Waals surface area contributed by atoms with Gasteiger partial charge in [0.2, 0.25) is 5.82 Å². The highest BCUT2D eigenvalue weighted by atomic mass is 19.1. The smallest absolute Gasteiger partial charge is 0.348 e. The summed E-state index contributed by atoms with van der Waals surface area (Å²) in [6, 6.07) is 7.93. The van der Waals surface area contributed by atoms with E-state index in [0.717, 1.165) is 11.9 Å². The van der Waals surface area contributed by atoms with Crippen molar-refractivity contribution in [2.24, 2.45) is 5.73 Å². The Kier molecular flexibility index (Phi) is 3.73. The first-order valence-corrected chi connectivity index (χ1v) is 7.89. The summed E-state index contributed by atoms with van der Waals surface area (Å²) in [5.41, 5.74) is 6.54. The zero-order valence-electron chi connectivity index (χ0n) is 13.3. The van der Waals surface area contributed by atoms with Crippen molar-refractivity contribution in [3.05, 3.63) is 59.1 Å². The Morgan fingerprint density at radius 3 is 2.96 bits per heavy atom. The molecule has 0 spiro atoms. The first kappa shape index (κ1) is 15.4. The number of fused-ring (bicyclic) bond motifs is 1. The Labute approximate surface area is 141 Å². The number of rotatable bonds is 5. The Bertz CT molecular complexity index is 1070. The van der Waals surface area contributed by atoms with Gasteiger partial charge in [0.05, 0.1) is 17.5 Å². The van der Waals surface area contributed by atoms with Crippen molar-refractivity contribution in [3.63, 3.8) is 0 Å². The highest BCUT2D eigenvalue weighted by molar-refractivity contribution is 5.89. The second-order valence-corrected chi connectivity index (χ2v) is 5.68. The summed E-state index contributed by atoms with van der Waals surface area (Å²) >= 11 is 0. The van der Waals surface area contributed by atoms with E-state index >= 15 is 0 Å². The van der Waals surface area contributed by atoms with Crippen molar-refractivity contribution in [2.45, 2.75) is 13.0 Å². The van der Waals surface area contributed by atoms with Gasteiger partial charge in [0.25, 0.3) is 0 Å². The number of nitrogens with one attached hydrogen (secondary N) is 1. The van der Waals surface area contributed by atoms with Crippen LogP contribution in [-0.4, -0.2) is 25.9 Å². The molecule has 0 unspecified atom stereocenters. The van der Waals surface area contributed by atoms with Crippen molar-refractivity contribution < 1.29 is 8.81 Å². The number of H-pyrrole nitrogens is 1. The molecule has 0 radical (unpaired) electrons. The molecule has 3 N–H and O–H groups in total. The van der Waals surface area contributed by atoms with Crippen molar-refractivity contribution in [2.75, 3.05) is 6.54 Å². The summed E-state index contributed by atoms with van der Waals surface area (Å²) in [5, 5.41) is 7.09. The monoisotopic (exact) mass is 341 g/mol. The summed E-state index contributed by atoms with van der Waals surface area (Å²) in [7, 11) is 0. The number of benzene rings is 1. The average molecular weight is 341 g/mol. The molecule has 0 bridgehead atoms. The maximum Gasteiger partial charge on any atom is 0.348 e. The summed E-state index contributed by atoms with van der Waals surface area (Å²) in [6.45, 7) is 1.21. The minimum atomic E-state index is -0.423. The number of nitrogens with two attached hydrogens (primary N) is 1. The predicted molar refractivity (Wildman–Crippen MR) is 91.0 cm³/mol. The van der Waals surface area contributed by atoms with Crippen LogP contribution in [0, 0.1) is 5.82 Å². The van der Waals surface area contributed by atoms with Gasteiger partial charge in [0.15, 0.2) is 5.76 Å². The fourth-order valence-corrected chi connectivity index (χ4v) is 2.97. The van der Waals surface area contributed by atoms with E-state index in [9.17, 15) is 9.18 Å². The van der Waals surface area contributed by atoms with Gasteiger partial charge in [-0.15, -0.1) is 5.10 Å². The lowest BCUT2D eigenvalue weighted by atomic mass is 10.2. The summed E-state index contributed by atoms with van der Waals surface area (Å²) in [5.74, 6) is 0.399. The van der Waals surface area contributed by atoms with Crippen LogP contribution >= 0.6 is 0 Å². The molecule has 0 atom stereocenters. The number of hydrogen-bond donors (Lipinski definition) is 2. The van der Waals surface area contributed by atoms with E-state index in [4.69, 9.17) is 10.2 Å². The Balaban J connectivity index is 1.97. The lowest BCUT2D eigenvalue weighted by Crippen LogP contribution is -2.15. The SMILES string of the molecule is NCCCn1cc(-n2c(-c3ccco3)n[nH]c2=O)c2cc(F)ccc21. The van der Waals surface area contributed by atoms with Crippen LogP contribution in [0.1, 0.15) is 6.42 Å². The number of aryl methyl sites for hydroxylation is 1. The molecule has 4 rings (SSSR count). The number of halogens is 1. The second-order valence-electron chi connectivity index (χ2n) is 5.68. The molecule has 0 aliphatic carbocycles. The van der Waals surface area contributed by atoms with Crippen LogP contribution in [0.25, 0.3) is 28.2 Å². The average Bonchev–Trinajstić information content (AvgIpc) is 3.31. The van der Waals surface area contributed by atoms with Gasteiger partial charge in [-0.1, -0.05) is 0 Å². The zero-order valence-corrected chi connectivity index (χ0v) is 13.3. The van der Waals surface area contributed by atoms with Crippen molar-refractivity contribution >= 4 is 10.9 Å². The molecule has 0 aliphatic rings. The van der Waals surface area contributed by atoms with Crippen LogP contribution in [0.4, 0.5) is 4.39 Å². The van der Waals surface area contributed by atoms with Gasteiger partial charge >= 0.3 is 5.69 Å². The fourth-order valence-electron chi connectivity index (χ4n) is 2.97. The number of hydrogen-bond acceptors (Lipinski definition) is 4. The maximum atomic E-state index is 13.8. The molecule has 0 fully saturated rings. The molecule has 4 aromatic rings. The molecular formula is C17H16FN5O2. The molecule has 0 aliphatic heterocycles. The van der Waals surface area contributed by atoms with Gasteiger partial charge in [-0.2, -0.15) is 0 Å². The normalized spacial score (nSPS) is 11.4. The lowest BCUT2D eigenvalue weighted by molar-refractivity contribution is 0.575. The molecule has 0 amide bonds. The van der Waals surface area contributed by atoms with E-state index in [-0.39, 0.29) is 5.82 Å². The van der Waals surface area contributed by atoms with Gasteiger partial charge in [-0.3, -0.25) is 0 Å². The van der Waals surface area contributed by atoms with Crippen LogP contribution in [-0.2, 0) is 6.54 Å². The third-order valence-electron chi connectivity index (χ3n) is 4.08. The van der Waals surface area contributed by atoms with Crippen LogP contribution in [0.2, 0.25) is 0 Å². The number of aromatic amines is 1. The molecule has 3 aromatic heterocycles. The molecule has 3 heterocycles. The third-order valence-corrected chi connectivity index (χ3v) is 4.08.